The van der Waals surface area contributed by atoms with Gasteiger partial charge < -0.3 is 14.8 Å². The Labute approximate surface area is 148 Å². The normalized spacial score (nSPS) is 16.6. The lowest BCUT2D eigenvalue weighted by Gasteiger charge is -2.19. The number of hydrogen-bond acceptors (Lipinski definition) is 5. The van der Waals surface area contributed by atoms with Crippen LogP contribution < -0.4 is 5.32 Å². The number of nitrogens with one attached hydrogen (secondary N) is 1. The van der Waals surface area contributed by atoms with Gasteiger partial charge in [-0.25, -0.2) is 18.3 Å². The van der Waals surface area contributed by atoms with Crippen molar-refractivity contribution in [2.45, 2.75) is 45.8 Å². The highest BCUT2D eigenvalue weighted by atomic mass is 19.1. The molecule has 3 rings (SSSR count). The zero-order valence-electron chi connectivity index (χ0n) is 14.8. The Morgan fingerprint density at radius 3 is 2.58 bits per heavy atom. The van der Waals surface area contributed by atoms with E-state index < -0.39 is 29.2 Å². The number of rotatable bonds is 4. The molecule has 1 N–H and O–H groups in total. The fraction of sp³-hybridized carbons (Fsp3) is 0.529. The summed E-state index contributed by atoms with van der Waals surface area (Å²) < 4.78 is 35.8. The molecule has 1 aromatic carbocycles. The molecule has 0 spiro atoms. The molecule has 1 unspecified atom stereocenters. The van der Waals surface area contributed by atoms with Crippen LogP contribution in [0.4, 0.5) is 13.6 Å². The van der Waals surface area contributed by atoms with Crippen LogP contribution in [0, 0.1) is 17.6 Å². The van der Waals surface area contributed by atoms with E-state index in [4.69, 9.17) is 4.74 Å². The van der Waals surface area contributed by atoms with Crippen LogP contribution >= 0.6 is 0 Å². The number of amides is 1. The Bertz CT molecular complexity index is 873. The first kappa shape index (κ1) is 18.2. The quantitative estimate of drug-likeness (QED) is 0.838. The summed E-state index contributed by atoms with van der Waals surface area (Å²) in [5.41, 5.74) is -0.444. The van der Waals surface area contributed by atoms with E-state index in [1.807, 2.05) is 0 Å². The fourth-order valence-corrected chi connectivity index (χ4v) is 3.08. The number of halogens is 2. The lowest BCUT2D eigenvalue weighted by Crippen LogP contribution is -2.34. The number of aromatic nitrogens is 3. The highest BCUT2D eigenvalue weighted by Crippen LogP contribution is 2.35. The first-order valence-electron chi connectivity index (χ1n) is 8.35. The second kappa shape index (κ2) is 6.62. The monoisotopic (exact) mass is 366 g/mol. The van der Waals surface area contributed by atoms with Gasteiger partial charge in [-0.1, -0.05) is 5.21 Å². The van der Waals surface area contributed by atoms with Crippen molar-refractivity contribution in [3.05, 3.63) is 22.8 Å². The Morgan fingerprint density at radius 2 is 1.96 bits per heavy atom. The van der Waals surface area contributed by atoms with Crippen molar-refractivity contribution < 1.29 is 23.1 Å². The predicted octanol–water partition coefficient (Wildman–Crippen LogP) is 2.15. The van der Waals surface area contributed by atoms with Crippen LogP contribution in [-0.4, -0.2) is 39.5 Å². The number of benzene rings is 1. The summed E-state index contributed by atoms with van der Waals surface area (Å²) in [7, 11) is 0. The zero-order chi connectivity index (χ0) is 19.1. The highest BCUT2D eigenvalue weighted by molar-refractivity contribution is 5.79. The molecular weight excluding hydrogens is 346 g/mol. The summed E-state index contributed by atoms with van der Waals surface area (Å²) >= 11 is 0. The summed E-state index contributed by atoms with van der Waals surface area (Å²) in [4.78, 5) is 22.6. The molecule has 1 amide bonds. The van der Waals surface area contributed by atoms with Gasteiger partial charge >= 0.3 is 6.09 Å². The molecular formula is C17H20F2N4O3. The molecule has 26 heavy (non-hydrogen) atoms. The van der Waals surface area contributed by atoms with Gasteiger partial charge in [-0.15, -0.1) is 5.10 Å². The maximum atomic E-state index is 14.9. The smallest absolute Gasteiger partial charge is 0.407 e. The van der Waals surface area contributed by atoms with Crippen LogP contribution in [0.25, 0.3) is 11.0 Å². The van der Waals surface area contributed by atoms with Gasteiger partial charge in [0.1, 0.15) is 17.4 Å². The minimum Gasteiger partial charge on any atom is -0.444 e. The molecule has 0 fully saturated rings. The van der Waals surface area contributed by atoms with E-state index in [1.54, 1.807) is 20.8 Å². The largest absolute Gasteiger partial charge is 0.444 e. The van der Waals surface area contributed by atoms with E-state index in [0.717, 1.165) is 0 Å². The number of alkyl carbamates (subject to hydrolysis) is 1. The molecule has 0 aliphatic heterocycles. The van der Waals surface area contributed by atoms with E-state index in [-0.39, 0.29) is 48.1 Å². The van der Waals surface area contributed by atoms with Crippen LogP contribution in [0.15, 0.2) is 0 Å². The minimum atomic E-state index is -0.632. The van der Waals surface area contributed by atoms with Crippen molar-refractivity contribution in [3.63, 3.8) is 0 Å². The lowest BCUT2D eigenvalue weighted by molar-refractivity contribution is -0.110. The van der Waals surface area contributed by atoms with E-state index in [9.17, 15) is 18.4 Å². The van der Waals surface area contributed by atoms with Gasteiger partial charge in [0.2, 0.25) is 0 Å². The molecule has 0 saturated carbocycles. The molecule has 1 aromatic heterocycles. The van der Waals surface area contributed by atoms with Crippen LogP contribution in [0.5, 0.6) is 0 Å². The molecule has 1 aliphatic carbocycles. The summed E-state index contributed by atoms with van der Waals surface area (Å²) in [6.45, 7) is 5.43. The third kappa shape index (κ3) is 3.38. The molecule has 1 aliphatic rings. The third-order valence-electron chi connectivity index (χ3n) is 4.16. The van der Waals surface area contributed by atoms with Gasteiger partial charge in [-0.3, -0.25) is 0 Å². The second-order valence-corrected chi connectivity index (χ2v) is 7.33. The standard InChI is InChI=1S/C17H20F2N4O3/c1-17(2,3)26-16(25)20-4-5-23-15-13(19)11-7-9(8-24)6-10(11)12(18)14(15)21-22-23/h8-9H,4-7H2,1-3H3,(H,20,25). The summed E-state index contributed by atoms with van der Waals surface area (Å²) in [5, 5.41) is 10.1. The average Bonchev–Trinajstić information content (AvgIpc) is 3.15. The van der Waals surface area contributed by atoms with Gasteiger partial charge in [-0.05, 0) is 44.7 Å². The number of carbonyl (C=O) groups is 2. The van der Waals surface area contributed by atoms with Gasteiger partial charge in [0.25, 0.3) is 0 Å². The van der Waals surface area contributed by atoms with Crippen molar-refractivity contribution in [1.82, 2.24) is 20.3 Å². The first-order valence-corrected chi connectivity index (χ1v) is 8.35. The Balaban J connectivity index is 1.80. The molecule has 7 nitrogen and oxygen atoms in total. The SMILES string of the molecule is CC(C)(C)OC(=O)NCCn1nnc2c(F)c3c(c(F)c21)CC(C=O)C3. The second-order valence-electron chi connectivity index (χ2n) is 7.33. The Kier molecular flexibility index (Phi) is 4.64. The average molecular weight is 366 g/mol. The number of carbonyl (C=O) groups excluding carboxylic acids is 2. The predicted molar refractivity (Wildman–Crippen MR) is 88.6 cm³/mol. The van der Waals surface area contributed by atoms with E-state index >= 15 is 0 Å². The van der Waals surface area contributed by atoms with Crippen LogP contribution in [0.1, 0.15) is 31.9 Å². The van der Waals surface area contributed by atoms with Gasteiger partial charge in [0.15, 0.2) is 17.2 Å². The molecule has 1 atom stereocenters. The van der Waals surface area contributed by atoms with E-state index in [2.05, 4.69) is 15.6 Å². The van der Waals surface area contributed by atoms with Crippen LogP contribution in [-0.2, 0) is 28.9 Å². The van der Waals surface area contributed by atoms with Gasteiger partial charge in [0.05, 0.1) is 6.54 Å². The molecule has 0 bridgehead atoms. The number of hydrogen-bond donors (Lipinski definition) is 1. The third-order valence-corrected chi connectivity index (χ3v) is 4.16. The first-order chi connectivity index (χ1) is 12.2. The molecule has 0 saturated heterocycles. The van der Waals surface area contributed by atoms with Gasteiger partial charge in [0, 0.05) is 12.5 Å². The summed E-state index contributed by atoms with van der Waals surface area (Å²) in [6.07, 6.45) is 0.445. The minimum absolute atomic E-state index is 0.0567. The molecule has 0 radical (unpaired) electrons. The summed E-state index contributed by atoms with van der Waals surface area (Å²) in [5.74, 6) is -1.66. The van der Waals surface area contributed by atoms with Crippen LogP contribution in [0.3, 0.4) is 0 Å². The number of nitrogens with zero attached hydrogens (tertiary/aromatic N) is 3. The van der Waals surface area contributed by atoms with Gasteiger partial charge in [-0.2, -0.15) is 0 Å². The number of ether oxygens (including phenoxy) is 1. The number of fused-ring (bicyclic) bond motifs is 2. The van der Waals surface area contributed by atoms with Crippen molar-refractivity contribution in [2.24, 2.45) is 5.92 Å². The molecule has 1 heterocycles. The zero-order valence-corrected chi connectivity index (χ0v) is 14.8. The van der Waals surface area contributed by atoms with Crippen molar-refractivity contribution in [1.29, 1.82) is 0 Å². The molecule has 2 aromatic rings. The maximum absolute atomic E-state index is 14.9. The van der Waals surface area contributed by atoms with Crippen molar-refractivity contribution in [2.75, 3.05) is 6.54 Å². The van der Waals surface area contributed by atoms with Crippen LogP contribution in [0.2, 0.25) is 0 Å². The fourth-order valence-electron chi connectivity index (χ4n) is 3.08. The highest BCUT2D eigenvalue weighted by Gasteiger charge is 2.31. The van der Waals surface area contributed by atoms with Crippen molar-refractivity contribution >= 4 is 23.4 Å². The lowest BCUT2D eigenvalue weighted by atomic mass is 10.1. The molecule has 140 valence electrons. The van der Waals surface area contributed by atoms with Crippen molar-refractivity contribution in [3.8, 4) is 0 Å². The maximum Gasteiger partial charge on any atom is 0.407 e. The van der Waals surface area contributed by atoms with E-state index in [1.165, 1.54) is 4.68 Å². The van der Waals surface area contributed by atoms with E-state index in [0.29, 0.717) is 6.29 Å². The number of aldehydes is 1. The Hall–Kier alpha value is -2.58. The Morgan fingerprint density at radius 1 is 1.31 bits per heavy atom. The summed E-state index contributed by atoms with van der Waals surface area (Å²) in [6, 6.07) is 0. The topological polar surface area (TPSA) is 86.1 Å². The molecule has 9 heteroatoms.